The minimum atomic E-state index is -3.81. The predicted octanol–water partition coefficient (Wildman–Crippen LogP) is 2.87. The van der Waals surface area contributed by atoms with Crippen molar-refractivity contribution in [3.05, 3.63) is 71.6 Å². The lowest BCUT2D eigenvalue weighted by atomic mass is 10.1. The van der Waals surface area contributed by atoms with E-state index in [1.807, 2.05) is 19.1 Å². The highest BCUT2D eigenvalue weighted by atomic mass is 32.2. The first-order valence-electron chi connectivity index (χ1n) is 8.96. The zero-order chi connectivity index (χ0) is 20.9. The topological polar surface area (TPSA) is 86.5 Å². The average molecular weight is 408 g/mol. The van der Waals surface area contributed by atoms with E-state index in [9.17, 15) is 13.2 Å². The van der Waals surface area contributed by atoms with Crippen LogP contribution in [0.5, 0.6) is 0 Å². The lowest BCUT2D eigenvalue weighted by Gasteiger charge is -2.10. The Labute approximate surface area is 169 Å². The number of carbonyl (C=O) groups is 1. The van der Waals surface area contributed by atoms with Gasteiger partial charge in [0, 0.05) is 31.2 Å². The average Bonchev–Trinajstić information content (AvgIpc) is 3.17. The van der Waals surface area contributed by atoms with Crippen LogP contribution in [0.3, 0.4) is 0 Å². The van der Waals surface area contributed by atoms with E-state index >= 15 is 0 Å². The molecule has 0 radical (unpaired) electrons. The van der Waals surface area contributed by atoms with E-state index in [0.717, 1.165) is 5.56 Å². The van der Waals surface area contributed by atoms with Gasteiger partial charge in [0.25, 0.3) is 15.9 Å². The molecule has 148 valence electrons. The molecule has 29 heavy (non-hydrogen) atoms. The summed E-state index contributed by atoms with van der Waals surface area (Å²) in [5.41, 5.74) is 2.40. The Morgan fingerprint density at radius 3 is 2.24 bits per heavy atom. The summed E-state index contributed by atoms with van der Waals surface area (Å²) < 4.78 is 27.8. The molecule has 0 unspecified atom stereocenters. The SMILES string of the molecule is Cc1ccc(S(=O)(=O)n2cc(/C=C3\C(=O)N(C)C(=N)N3C)c3ccccc32)cc1. The molecule has 0 spiro atoms. The van der Waals surface area contributed by atoms with Gasteiger partial charge in [0.05, 0.1) is 10.4 Å². The molecule has 7 nitrogen and oxygen atoms in total. The van der Waals surface area contributed by atoms with Crippen LogP contribution in [0.25, 0.3) is 17.0 Å². The number of likely N-dealkylation sites (N-methyl/N-ethyl adjacent to an activating group) is 2. The van der Waals surface area contributed by atoms with Gasteiger partial charge in [0.1, 0.15) is 5.70 Å². The lowest BCUT2D eigenvalue weighted by Crippen LogP contribution is -2.27. The van der Waals surface area contributed by atoms with Crippen LogP contribution in [0.2, 0.25) is 0 Å². The summed E-state index contributed by atoms with van der Waals surface area (Å²) in [6, 6.07) is 13.8. The fourth-order valence-electron chi connectivity index (χ4n) is 3.37. The first-order valence-corrected chi connectivity index (χ1v) is 10.4. The molecule has 1 amide bonds. The molecule has 1 aliphatic heterocycles. The third kappa shape index (κ3) is 2.92. The van der Waals surface area contributed by atoms with Gasteiger partial charge in [-0.25, -0.2) is 12.4 Å². The van der Waals surface area contributed by atoms with E-state index in [-0.39, 0.29) is 16.8 Å². The highest BCUT2D eigenvalue weighted by Crippen LogP contribution is 2.29. The van der Waals surface area contributed by atoms with Crippen molar-refractivity contribution in [3.8, 4) is 0 Å². The maximum absolute atomic E-state index is 13.3. The molecule has 0 saturated carbocycles. The zero-order valence-electron chi connectivity index (χ0n) is 16.2. The quantitative estimate of drug-likeness (QED) is 0.675. The number of nitrogens with zero attached hydrogens (tertiary/aromatic N) is 3. The first kappa shape index (κ1) is 18.9. The van der Waals surface area contributed by atoms with Crippen molar-refractivity contribution < 1.29 is 13.2 Å². The predicted molar refractivity (Wildman–Crippen MR) is 112 cm³/mol. The number of rotatable bonds is 3. The van der Waals surface area contributed by atoms with Crippen molar-refractivity contribution in [2.45, 2.75) is 11.8 Å². The number of para-hydroxylation sites is 1. The number of amides is 1. The van der Waals surface area contributed by atoms with Crippen molar-refractivity contribution in [3.63, 3.8) is 0 Å². The number of guanidine groups is 1. The van der Waals surface area contributed by atoms with Gasteiger partial charge in [0.15, 0.2) is 0 Å². The molecule has 0 bridgehead atoms. The number of aryl methyl sites for hydroxylation is 1. The van der Waals surface area contributed by atoms with Crippen LogP contribution in [0.1, 0.15) is 11.1 Å². The van der Waals surface area contributed by atoms with Gasteiger partial charge in [-0.05, 0) is 31.2 Å². The normalized spacial score (nSPS) is 16.4. The number of aromatic nitrogens is 1. The Morgan fingerprint density at radius 2 is 1.62 bits per heavy atom. The third-order valence-corrected chi connectivity index (χ3v) is 6.79. The Hall–Kier alpha value is -3.39. The molecule has 8 heteroatoms. The van der Waals surface area contributed by atoms with Crippen molar-refractivity contribution in [2.75, 3.05) is 14.1 Å². The van der Waals surface area contributed by atoms with Gasteiger partial charge >= 0.3 is 0 Å². The fourth-order valence-corrected chi connectivity index (χ4v) is 4.75. The van der Waals surface area contributed by atoms with Gasteiger partial charge in [-0.2, -0.15) is 0 Å². The second-order valence-electron chi connectivity index (χ2n) is 6.99. The lowest BCUT2D eigenvalue weighted by molar-refractivity contribution is -0.121. The van der Waals surface area contributed by atoms with E-state index in [2.05, 4.69) is 0 Å². The number of hydrogen-bond donors (Lipinski definition) is 1. The van der Waals surface area contributed by atoms with Gasteiger partial charge in [-0.15, -0.1) is 0 Å². The minimum Gasteiger partial charge on any atom is -0.311 e. The van der Waals surface area contributed by atoms with Crippen LogP contribution < -0.4 is 0 Å². The Bertz CT molecular complexity index is 1290. The van der Waals surface area contributed by atoms with Crippen molar-refractivity contribution in [1.29, 1.82) is 5.41 Å². The molecule has 1 N–H and O–H groups in total. The van der Waals surface area contributed by atoms with E-state index in [4.69, 9.17) is 5.41 Å². The molecular formula is C21H20N4O3S. The molecule has 2 heterocycles. The maximum atomic E-state index is 13.3. The summed E-state index contributed by atoms with van der Waals surface area (Å²) in [4.78, 5) is 15.4. The molecule has 0 aliphatic carbocycles. The number of nitrogens with one attached hydrogen (secondary N) is 1. The monoisotopic (exact) mass is 408 g/mol. The number of carbonyl (C=O) groups excluding carboxylic acids is 1. The van der Waals surface area contributed by atoms with Crippen LogP contribution in [-0.4, -0.2) is 48.2 Å². The molecule has 1 fully saturated rings. The largest absolute Gasteiger partial charge is 0.311 e. The molecule has 1 aliphatic rings. The second-order valence-corrected chi connectivity index (χ2v) is 8.81. The van der Waals surface area contributed by atoms with Crippen molar-refractivity contribution >= 4 is 38.9 Å². The highest BCUT2D eigenvalue weighted by molar-refractivity contribution is 7.90. The Balaban J connectivity index is 1.92. The fraction of sp³-hybridized carbons (Fsp3) is 0.143. The van der Waals surface area contributed by atoms with Crippen LogP contribution in [-0.2, 0) is 14.8 Å². The van der Waals surface area contributed by atoms with Gasteiger partial charge < -0.3 is 4.90 Å². The number of hydrogen-bond acceptors (Lipinski definition) is 4. The van der Waals surface area contributed by atoms with E-state index in [1.165, 1.54) is 27.0 Å². The van der Waals surface area contributed by atoms with Crippen LogP contribution in [0.4, 0.5) is 0 Å². The highest BCUT2D eigenvalue weighted by Gasteiger charge is 2.33. The molecular weight excluding hydrogens is 388 g/mol. The van der Waals surface area contributed by atoms with Crippen molar-refractivity contribution in [2.24, 2.45) is 0 Å². The Morgan fingerprint density at radius 1 is 0.966 bits per heavy atom. The molecule has 1 aromatic heterocycles. The van der Waals surface area contributed by atoms with E-state index < -0.39 is 10.0 Å². The van der Waals surface area contributed by atoms with E-state index in [1.54, 1.807) is 49.5 Å². The zero-order valence-corrected chi connectivity index (χ0v) is 17.1. The summed E-state index contributed by atoms with van der Waals surface area (Å²) in [6.45, 7) is 1.90. The second kappa shape index (κ2) is 6.59. The summed E-state index contributed by atoms with van der Waals surface area (Å²) >= 11 is 0. The molecule has 4 rings (SSSR count). The smallest absolute Gasteiger partial charge is 0.277 e. The molecule has 3 aromatic rings. The van der Waals surface area contributed by atoms with Gasteiger partial charge in [-0.3, -0.25) is 15.1 Å². The number of benzene rings is 2. The molecule has 1 saturated heterocycles. The summed E-state index contributed by atoms with van der Waals surface area (Å²) in [5, 5.41) is 8.68. The third-order valence-electron chi connectivity index (χ3n) is 5.10. The molecule has 2 aromatic carbocycles. The van der Waals surface area contributed by atoms with Gasteiger partial charge in [-0.1, -0.05) is 35.9 Å². The minimum absolute atomic E-state index is 0.0669. The number of fused-ring (bicyclic) bond motifs is 1. The van der Waals surface area contributed by atoms with Crippen LogP contribution in [0.15, 0.2) is 65.3 Å². The van der Waals surface area contributed by atoms with Crippen molar-refractivity contribution in [1.82, 2.24) is 13.8 Å². The first-order chi connectivity index (χ1) is 13.7. The van der Waals surface area contributed by atoms with Crippen LogP contribution >= 0.6 is 0 Å². The van der Waals surface area contributed by atoms with E-state index in [0.29, 0.717) is 22.2 Å². The summed E-state index contributed by atoms with van der Waals surface area (Å²) in [5.74, 6) is -0.243. The van der Waals surface area contributed by atoms with Gasteiger partial charge in [0.2, 0.25) is 5.96 Å². The Kier molecular flexibility index (Phi) is 4.31. The maximum Gasteiger partial charge on any atom is 0.277 e. The summed E-state index contributed by atoms with van der Waals surface area (Å²) in [7, 11) is -0.636. The van der Waals surface area contributed by atoms with Crippen LogP contribution in [0, 0.1) is 12.3 Å². The molecule has 0 atom stereocenters. The summed E-state index contributed by atoms with van der Waals surface area (Å²) in [6.07, 6.45) is 3.15. The standard InChI is InChI=1S/C21H20N4O3S/c1-14-8-10-16(11-9-14)29(27,28)25-13-15(17-6-4-5-7-18(17)25)12-19-20(26)24(3)21(22)23(19)2/h4-13,22H,1-3H3/b19-12+,22-21?.